The molecule has 4 rings (SSSR count). The summed E-state index contributed by atoms with van der Waals surface area (Å²) in [5.41, 5.74) is 1.13. The number of hydrogen-bond acceptors (Lipinski definition) is 7. The van der Waals surface area contributed by atoms with Gasteiger partial charge in [-0.3, -0.25) is 4.72 Å². The summed E-state index contributed by atoms with van der Waals surface area (Å²) in [6.07, 6.45) is 1.46. The molecule has 0 aliphatic carbocycles. The van der Waals surface area contributed by atoms with Gasteiger partial charge in [0.1, 0.15) is 11.5 Å². The molecule has 0 aliphatic rings. The number of pyridine rings is 1. The maximum absolute atomic E-state index is 12.9. The quantitative estimate of drug-likeness (QED) is 0.511. The first kappa shape index (κ1) is 18.2. The number of halogens is 1. The van der Waals surface area contributed by atoms with E-state index < -0.39 is 10.0 Å². The monoisotopic (exact) mass is 416 g/mol. The summed E-state index contributed by atoms with van der Waals surface area (Å²) in [6, 6.07) is 15.5. The molecule has 0 aliphatic heterocycles. The second-order valence-corrected chi connectivity index (χ2v) is 7.79. The highest BCUT2D eigenvalue weighted by Gasteiger charge is 2.24. The van der Waals surface area contributed by atoms with Crippen molar-refractivity contribution in [1.29, 1.82) is 0 Å². The third kappa shape index (κ3) is 3.62. The highest BCUT2D eigenvalue weighted by molar-refractivity contribution is 7.93. The molecule has 2 aromatic heterocycles. The van der Waals surface area contributed by atoms with Crippen LogP contribution in [0.5, 0.6) is 5.75 Å². The minimum atomic E-state index is -4.05. The molecule has 28 heavy (non-hydrogen) atoms. The summed E-state index contributed by atoms with van der Waals surface area (Å²) in [4.78, 5) is 3.95. The van der Waals surface area contributed by atoms with Crippen LogP contribution in [0.3, 0.4) is 0 Å². The molecule has 0 saturated heterocycles. The SMILES string of the molecule is O=S(=O)(Nc1ncccc1OCc1ccccc1)c1ccc(Cl)c2nonc12. The second kappa shape index (κ2) is 7.45. The van der Waals surface area contributed by atoms with Crippen molar-refractivity contribution < 1.29 is 17.8 Å². The van der Waals surface area contributed by atoms with E-state index in [9.17, 15) is 8.42 Å². The Morgan fingerprint density at radius 3 is 2.61 bits per heavy atom. The molecule has 10 heteroatoms. The van der Waals surface area contributed by atoms with Crippen LogP contribution in [0, 0.1) is 0 Å². The first-order valence-electron chi connectivity index (χ1n) is 8.10. The Morgan fingerprint density at radius 2 is 1.79 bits per heavy atom. The molecule has 0 bridgehead atoms. The summed E-state index contributed by atoms with van der Waals surface area (Å²) in [5, 5.41) is 7.51. The van der Waals surface area contributed by atoms with Crippen molar-refractivity contribution in [3.63, 3.8) is 0 Å². The van der Waals surface area contributed by atoms with Crippen LogP contribution < -0.4 is 9.46 Å². The number of aromatic nitrogens is 3. The van der Waals surface area contributed by atoms with Crippen LogP contribution in [0.4, 0.5) is 5.82 Å². The third-order valence-electron chi connectivity index (χ3n) is 3.86. The zero-order valence-electron chi connectivity index (χ0n) is 14.2. The van der Waals surface area contributed by atoms with Crippen LogP contribution in [0.2, 0.25) is 5.02 Å². The summed E-state index contributed by atoms with van der Waals surface area (Å²) in [6.45, 7) is 0.264. The maximum Gasteiger partial charge on any atom is 0.265 e. The fourth-order valence-corrected chi connectivity index (χ4v) is 3.87. The first-order chi connectivity index (χ1) is 13.5. The Bertz CT molecular complexity index is 1230. The maximum atomic E-state index is 12.9. The smallest absolute Gasteiger partial charge is 0.265 e. The summed E-state index contributed by atoms with van der Waals surface area (Å²) in [5.74, 6) is 0.344. The van der Waals surface area contributed by atoms with E-state index in [1.807, 2.05) is 30.3 Å². The standard InChI is InChI=1S/C18H13ClN4O4S/c19-13-8-9-15(17-16(13)21-27-22-17)28(24,25)23-18-14(7-4-10-20-18)26-11-12-5-2-1-3-6-12/h1-10H,11H2,(H,20,23). The van der Waals surface area contributed by atoms with Crippen LogP contribution in [0.15, 0.2) is 70.3 Å². The molecular formula is C18H13ClN4O4S. The molecular weight excluding hydrogens is 404 g/mol. The van der Waals surface area contributed by atoms with Crippen LogP contribution in [0.25, 0.3) is 11.0 Å². The molecule has 0 radical (unpaired) electrons. The van der Waals surface area contributed by atoms with Gasteiger partial charge in [-0.05, 0) is 40.1 Å². The number of fused-ring (bicyclic) bond motifs is 1. The van der Waals surface area contributed by atoms with Crippen molar-refractivity contribution in [2.75, 3.05) is 4.72 Å². The molecule has 2 heterocycles. The van der Waals surface area contributed by atoms with Crippen LogP contribution in [-0.4, -0.2) is 23.7 Å². The van der Waals surface area contributed by atoms with Crippen molar-refractivity contribution in [3.8, 4) is 5.75 Å². The Morgan fingerprint density at radius 1 is 1.00 bits per heavy atom. The van der Waals surface area contributed by atoms with Crippen molar-refractivity contribution in [2.45, 2.75) is 11.5 Å². The van der Waals surface area contributed by atoms with Crippen LogP contribution in [0.1, 0.15) is 5.56 Å². The van der Waals surface area contributed by atoms with Gasteiger partial charge < -0.3 is 4.74 Å². The average Bonchev–Trinajstić information content (AvgIpc) is 3.18. The zero-order chi connectivity index (χ0) is 19.6. The van der Waals surface area contributed by atoms with E-state index in [0.29, 0.717) is 5.75 Å². The first-order valence-corrected chi connectivity index (χ1v) is 9.96. The van der Waals surface area contributed by atoms with Gasteiger partial charge in [0.25, 0.3) is 10.0 Å². The molecule has 0 amide bonds. The highest BCUT2D eigenvalue weighted by atomic mass is 35.5. The van der Waals surface area contributed by atoms with Gasteiger partial charge in [0.15, 0.2) is 22.6 Å². The third-order valence-corrected chi connectivity index (χ3v) is 5.53. The molecule has 0 fully saturated rings. The number of nitrogens with one attached hydrogen (secondary N) is 1. The minimum absolute atomic E-state index is 0.0303. The topological polar surface area (TPSA) is 107 Å². The fraction of sp³-hybridized carbons (Fsp3) is 0.0556. The number of nitrogens with zero attached hydrogens (tertiary/aromatic N) is 3. The Kier molecular flexibility index (Phi) is 4.84. The van der Waals surface area contributed by atoms with Crippen LogP contribution in [-0.2, 0) is 16.6 Å². The summed E-state index contributed by atoms with van der Waals surface area (Å²) >= 11 is 6.00. The predicted molar refractivity (Wildman–Crippen MR) is 103 cm³/mol. The minimum Gasteiger partial charge on any atom is -0.485 e. The van der Waals surface area contributed by atoms with E-state index in [0.717, 1.165) is 5.56 Å². The van der Waals surface area contributed by atoms with Gasteiger partial charge in [0.2, 0.25) is 0 Å². The van der Waals surface area contributed by atoms with E-state index in [2.05, 4.69) is 24.6 Å². The normalized spacial score (nSPS) is 11.5. The Balaban J connectivity index is 1.63. The Labute approximate surface area is 165 Å². The lowest BCUT2D eigenvalue weighted by molar-refractivity contribution is 0.307. The summed E-state index contributed by atoms with van der Waals surface area (Å²) < 4.78 is 38.6. The average molecular weight is 417 g/mol. The molecule has 0 unspecified atom stereocenters. The van der Waals surface area contributed by atoms with Crippen LogP contribution >= 0.6 is 11.6 Å². The molecule has 0 spiro atoms. The van der Waals surface area contributed by atoms with Gasteiger partial charge in [-0.2, -0.15) is 0 Å². The van der Waals surface area contributed by atoms with Gasteiger partial charge in [0.05, 0.1) is 5.02 Å². The fourth-order valence-electron chi connectivity index (χ4n) is 2.53. The van der Waals surface area contributed by atoms with Gasteiger partial charge in [-0.15, -0.1) is 0 Å². The van der Waals surface area contributed by atoms with Gasteiger partial charge in [-0.25, -0.2) is 18.0 Å². The van der Waals surface area contributed by atoms with E-state index >= 15 is 0 Å². The second-order valence-electron chi connectivity index (χ2n) is 5.74. The number of anilines is 1. The van der Waals surface area contributed by atoms with Crippen molar-refractivity contribution in [2.24, 2.45) is 0 Å². The van der Waals surface area contributed by atoms with Crippen molar-refractivity contribution in [1.82, 2.24) is 15.3 Å². The molecule has 0 saturated carbocycles. The highest BCUT2D eigenvalue weighted by Crippen LogP contribution is 2.30. The lowest BCUT2D eigenvalue weighted by Crippen LogP contribution is -2.15. The number of ether oxygens (including phenoxy) is 1. The number of rotatable bonds is 6. The molecule has 8 nitrogen and oxygen atoms in total. The van der Waals surface area contributed by atoms with E-state index in [1.165, 1.54) is 18.3 Å². The van der Waals surface area contributed by atoms with Gasteiger partial charge >= 0.3 is 0 Å². The number of benzene rings is 2. The lowest BCUT2D eigenvalue weighted by atomic mass is 10.2. The van der Waals surface area contributed by atoms with E-state index in [1.54, 1.807) is 12.1 Å². The number of hydrogen-bond donors (Lipinski definition) is 1. The van der Waals surface area contributed by atoms with E-state index in [4.69, 9.17) is 16.3 Å². The lowest BCUT2D eigenvalue weighted by Gasteiger charge is -2.12. The van der Waals surface area contributed by atoms with Crippen molar-refractivity contribution >= 4 is 38.5 Å². The molecule has 2 aromatic carbocycles. The Hall–Kier alpha value is -3.17. The van der Waals surface area contributed by atoms with Gasteiger partial charge in [0, 0.05) is 6.20 Å². The zero-order valence-corrected chi connectivity index (χ0v) is 15.8. The van der Waals surface area contributed by atoms with E-state index in [-0.39, 0.29) is 33.4 Å². The molecule has 142 valence electrons. The molecule has 1 N–H and O–H groups in total. The number of sulfonamides is 1. The molecule has 0 atom stereocenters. The summed E-state index contributed by atoms with van der Waals surface area (Å²) in [7, 11) is -4.05. The van der Waals surface area contributed by atoms with Crippen molar-refractivity contribution in [3.05, 3.63) is 71.4 Å². The predicted octanol–water partition coefficient (Wildman–Crippen LogP) is 3.65. The van der Waals surface area contributed by atoms with Gasteiger partial charge in [-0.1, -0.05) is 41.9 Å². The molecule has 4 aromatic rings. The largest absolute Gasteiger partial charge is 0.485 e.